The van der Waals surface area contributed by atoms with Crippen molar-refractivity contribution in [3.05, 3.63) is 29.8 Å². The third-order valence-corrected chi connectivity index (χ3v) is 2.37. The van der Waals surface area contributed by atoms with E-state index in [0.29, 0.717) is 21.8 Å². The van der Waals surface area contributed by atoms with Gasteiger partial charge in [0.2, 0.25) is 0 Å². The van der Waals surface area contributed by atoms with Gasteiger partial charge in [0.25, 0.3) is 0 Å². The Morgan fingerprint density at radius 1 is 1.31 bits per heavy atom. The first kappa shape index (κ1) is 8.19. The lowest BCUT2D eigenvalue weighted by Gasteiger charge is -2.16. The van der Waals surface area contributed by atoms with Gasteiger partial charge in [0.1, 0.15) is 16.2 Å². The smallest absolute Gasteiger partial charge is 0.171 e. The largest absolute Gasteiger partial charge is 0.347 e. The predicted octanol–water partition coefficient (Wildman–Crippen LogP) is 1.03. The van der Waals surface area contributed by atoms with Crippen LogP contribution >= 0.6 is 0 Å². The summed E-state index contributed by atoms with van der Waals surface area (Å²) in [5.41, 5.74) is 1.40. The molecule has 0 saturated heterocycles. The lowest BCUT2D eigenvalue weighted by Crippen LogP contribution is -2.23. The van der Waals surface area contributed by atoms with Gasteiger partial charge >= 0.3 is 0 Å². The Morgan fingerprint density at radius 3 is 2.85 bits per heavy atom. The Morgan fingerprint density at radius 2 is 2.08 bits per heavy atom. The molecule has 0 atom stereocenters. The Labute approximate surface area is 78.8 Å². The molecule has 4 heteroatoms. The quantitative estimate of drug-likeness (QED) is 0.626. The molecule has 0 saturated carbocycles. The normalized spacial score (nSPS) is 14.8. The Kier molecular flexibility index (Phi) is 1.98. The van der Waals surface area contributed by atoms with Gasteiger partial charge in [-0.25, -0.2) is 4.21 Å². The number of hydrogen-bond acceptors (Lipinski definition) is 2. The molecule has 1 aliphatic heterocycles. The average molecular weight is 193 g/mol. The minimum atomic E-state index is 0.00713. The van der Waals surface area contributed by atoms with Gasteiger partial charge in [-0.1, -0.05) is 12.1 Å². The molecule has 0 spiro atoms. The van der Waals surface area contributed by atoms with E-state index >= 15 is 0 Å². The molecule has 0 unspecified atom stereocenters. The van der Waals surface area contributed by atoms with E-state index in [0.717, 1.165) is 5.69 Å². The fourth-order valence-corrected chi connectivity index (χ4v) is 1.66. The topological polar surface area (TPSA) is 46.2 Å². The molecular weight excluding hydrogens is 186 g/mol. The van der Waals surface area contributed by atoms with Crippen molar-refractivity contribution in [1.29, 1.82) is 0 Å². The van der Waals surface area contributed by atoms with E-state index in [1.54, 1.807) is 12.1 Å². The third-order valence-electron chi connectivity index (χ3n) is 1.92. The van der Waals surface area contributed by atoms with Gasteiger partial charge < -0.3 is 5.32 Å². The van der Waals surface area contributed by atoms with E-state index in [1.807, 2.05) is 12.1 Å². The summed E-state index contributed by atoms with van der Waals surface area (Å²) >= 11 is 0.348. The molecule has 0 radical (unpaired) electrons. The van der Waals surface area contributed by atoms with Crippen LogP contribution < -0.4 is 5.32 Å². The van der Waals surface area contributed by atoms with Crippen LogP contribution in [-0.2, 0) is 11.3 Å². The second-order valence-corrected chi connectivity index (χ2v) is 3.44. The summed E-state index contributed by atoms with van der Waals surface area (Å²) in [6.07, 6.45) is 0.200. The van der Waals surface area contributed by atoms with E-state index in [9.17, 15) is 9.00 Å². The van der Waals surface area contributed by atoms with Gasteiger partial charge in [-0.3, -0.25) is 4.79 Å². The van der Waals surface area contributed by atoms with Gasteiger partial charge in [0.15, 0.2) is 5.78 Å². The number of rotatable bonds is 0. The lowest BCUT2D eigenvalue weighted by atomic mass is 10.0. The summed E-state index contributed by atoms with van der Waals surface area (Å²) in [6, 6.07) is 7.20. The third kappa shape index (κ3) is 1.40. The number of hydrogen-bond donors (Lipinski definition) is 1. The monoisotopic (exact) mass is 193 g/mol. The van der Waals surface area contributed by atoms with Crippen LogP contribution in [0, 0.1) is 0 Å². The van der Waals surface area contributed by atoms with Crippen LogP contribution in [-0.4, -0.2) is 15.0 Å². The summed E-state index contributed by atoms with van der Waals surface area (Å²) in [6.45, 7) is 0. The van der Waals surface area contributed by atoms with Crippen LogP contribution in [0.3, 0.4) is 0 Å². The maximum atomic E-state index is 11.4. The van der Waals surface area contributed by atoms with Crippen molar-refractivity contribution < 1.29 is 9.00 Å². The van der Waals surface area contributed by atoms with Crippen molar-refractivity contribution in [2.24, 2.45) is 0 Å². The number of anilines is 1. The maximum Gasteiger partial charge on any atom is 0.171 e. The molecule has 1 aliphatic rings. The fraction of sp³-hybridized carbons (Fsp3) is 0.111. The molecule has 1 aromatic rings. The molecule has 0 aliphatic carbocycles. The Hall–Kier alpha value is -1.42. The van der Waals surface area contributed by atoms with Crippen LogP contribution in [0.4, 0.5) is 5.69 Å². The summed E-state index contributed by atoms with van der Waals surface area (Å²) < 4.78 is 10.5. The highest BCUT2D eigenvalue weighted by Gasteiger charge is 2.19. The Balaban J connectivity index is 2.54. The first-order valence-electron chi connectivity index (χ1n) is 3.86. The maximum absolute atomic E-state index is 11.4. The molecule has 1 N–H and O–H groups in total. The molecule has 0 aromatic heterocycles. The number of benzene rings is 1. The Bertz CT molecular complexity index is 421. The number of nitrogens with one attached hydrogen (secondary N) is 1. The lowest BCUT2D eigenvalue weighted by molar-refractivity contribution is 0.100. The zero-order chi connectivity index (χ0) is 9.26. The van der Waals surface area contributed by atoms with Crippen molar-refractivity contribution in [2.45, 2.75) is 6.42 Å². The number of carbonyl (C=O) groups is 1. The first-order chi connectivity index (χ1) is 6.31. The molecule has 66 valence electrons. The van der Waals surface area contributed by atoms with Crippen LogP contribution in [0.15, 0.2) is 24.3 Å². The molecule has 1 aromatic carbocycles. The number of carbonyl (C=O) groups excluding carboxylic acids is 1. The fourth-order valence-electron chi connectivity index (χ4n) is 1.32. The van der Waals surface area contributed by atoms with Crippen LogP contribution in [0.1, 0.15) is 16.8 Å². The molecule has 1 heterocycles. The summed E-state index contributed by atoms with van der Waals surface area (Å²) in [5, 5.41) is 2.92. The number of ketones is 1. The number of Topliss-reactive ketones (excluding diaryl/α,β-unsaturated/α-hetero) is 1. The summed E-state index contributed by atoms with van der Waals surface area (Å²) in [5.74, 6) is 0.00713. The van der Waals surface area contributed by atoms with Gasteiger partial charge in [-0.2, -0.15) is 0 Å². The average Bonchev–Trinajstić information content (AvgIpc) is 2.18. The van der Waals surface area contributed by atoms with Crippen LogP contribution in [0.2, 0.25) is 0 Å². The van der Waals surface area contributed by atoms with Crippen molar-refractivity contribution >= 4 is 27.7 Å². The number of para-hydroxylation sites is 1. The SMILES string of the molecule is O=S=C1CC(=O)c2ccccc2N1. The number of fused-ring (bicyclic) bond motifs is 1. The van der Waals surface area contributed by atoms with Crippen molar-refractivity contribution in [3.63, 3.8) is 0 Å². The van der Waals surface area contributed by atoms with E-state index in [1.165, 1.54) is 0 Å². The van der Waals surface area contributed by atoms with Crippen molar-refractivity contribution in [2.75, 3.05) is 5.32 Å². The van der Waals surface area contributed by atoms with Crippen LogP contribution in [0.25, 0.3) is 0 Å². The van der Waals surface area contributed by atoms with Gasteiger partial charge in [-0.05, 0) is 12.1 Å². The second kappa shape index (κ2) is 3.14. The highest BCUT2D eigenvalue weighted by Crippen LogP contribution is 2.21. The molecular formula is C9H7NO2S. The second-order valence-electron chi connectivity index (χ2n) is 2.78. The zero-order valence-electron chi connectivity index (χ0n) is 6.74. The minimum Gasteiger partial charge on any atom is -0.347 e. The molecule has 0 fully saturated rings. The minimum absolute atomic E-state index is 0.00713. The van der Waals surface area contributed by atoms with Crippen molar-refractivity contribution in [3.8, 4) is 0 Å². The summed E-state index contributed by atoms with van der Waals surface area (Å²) in [4.78, 5) is 11.9. The highest BCUT2D eigenvalue weighted by atomic mass is 32.1. The van der Waals surface area contributed by atoms with Crippen LogP contribution in [0.5, 0.6) is 0 Å². The molecule has 3 nitrogen and oxygen atoms in total. The van der Waals surface area contributed by atoms with Crippen molar-refractivity contribution in [1.82, 2.24) is 0 Å². The standard InChI is InChI=1S/C9H7NO2S/c11-8-5-9(13-12)10-7-4-2-1-3-6(7)8/h1-4,10H,5H2. The van der Waals surface area contributed by atoms with Gasteiger partial charge in [-0.15, -0.1) is 0 Å². The van der Waals surface area contributed by atoms with E-state index in [2.05, 4.69) is 5.32 Å². The first-order valence-corrected chi connectivity index (χ1v) is 4.60. The van der Waals surface area contributed by atoms with E-state index in [-0.39, 0.29) is 12.2 Å². The summed E-state index contributed by atoms with van der Waals surface area (Å²) in [7, 11) is 0. The van der Waals surface area contributed by atoms with Gasteiger partial charge in [0, 0.05) is 11.3 Å². The zero-order valence-corrected chi connectivity index (χ0v) is 7.56. The van der Waals surface area contributed by atoms with Gasteiger partial charge in [0.05, 0.1) is 6.42 Å². The molecule has 2 rings (SSSR count). The molecule has 0 bridgehead atoms. The van der Waals surface area contributed by atoms with E-state index in [4.69, 9.17) is 0 Å². The van der Waals surface area contributed by atoms with E-state index < -0.39 is 0 Å². The molecule has 0 amide bonds. The molecule has 13 heavy (non-hydrogen) atoms. The predicted molar refractivity (Wildman–Crippen MR) is 52.2 cm³/mol. The highest BCUT2D eigenvalue weighted by molar-refractivity contribution is 7.66.